The van der Waals surface area contributed by atoms with Crippen molar-refractivity contribution in [3.63, 3.8) is 0 Å². The van der Waals surface area contributed by atoms with Gasteiger partial charge in [0.2, 0.25) is 0 Å². The fourth-order valence-corrected chi connectivity index (χ4v) is 2.76. The number of likely N-dealkylation sites (N-methyl/N-ethyl adjacent to an activating group) is 1. The van der Waals surface area contributed by atoms with Crippen LogP contribution >= 0.6 is 0 Å². The monoisotopic (exact) mass is 267 g/mol. The minimum atomic E-state index is -0.192. The number of ether oxygens (including phenoxy) is 1. The predicted octanol–water partition coefficient (Wildman–Crippen LogP) is 3.55. The van der Waals surface area contributed by atoms with Crippen LogP contribution in [0.3, 0.4) is 0 Å². The lowest BCUT2D eigenvalue weighted by atomic mass is 9.84. The van der Waals surface area contributed by atoms with Crippen LogP contribution < -0.4 is 5.32 Å². The quantitative estimate of drug-likeness (QED) is 0.777. The molecule has 0 amide bonds. The molecule has 0 saturated carbocycles. The predicted molar refractivity (Wildman–Crippen MR) is 77.9 cm³/mol. The van der Waals surface area contributed by atoms with Gasteiger partial charge in [-0.1, -0.05) is 32.9 Å². The van der Waals surface area contributed by atoms with E-state index in [9.17, 15) is 4.39 Å². The number of hydrogen-bond donors (Lipinski definition) is 1. The molecule has 108 valence electrons. The Bertz CT molecular complexity index is 369. The molecule has 19 heavy (non-hydrogen) atoms. The van der Waals surface area contributed by atoms with Gasteiger partial charge in [0.25, 0.3) is 0 Å². The van der Waals surface area contributed by atoms with Crippen LogP contribution in [0.1, 0.15) is 39.2 Å². The van der Waals surface area contributed by atoms with E-state index in [1.165, 1.54) is 6.07 Å². The summed E-state index contributed by atoms with van der Waals surface area (Å²) in [5.74, 6) is -0.177. The molecule has 0 aliphatic rings. The van der Waals surface area contributed by atoms with Crippen molar-refractivity contribution in [2.75, 3.05) is 13.7 Å². The average molecular weight is 267 g/mol. The fourth-order valence-electron chi connectivity index (χ4n) is 2.76. The van der Waals surface area contributed by atoms with Gasteiger partial charge in [0.1, 0.15) is 5.82 Å². The van der Waals surface area contributed by atoms with Crippen molar-refractivity contribution in [3.8, 4) is 0 Å². The second-order valence-corrected chi connectivity index (χ2v) is 4.92. The summed E-state index contributed by atoms with van der Waals surface area (Å²) in [5, 5.41) is 3.50. The van der Waals surface area contributed by atoms with Gasteiger partial charge in [-0.05, 0) is 43.5 Å². The van der Waals surface area contributed by atoms with E-state index in [4.69, 9.17) is 4.74 Å². The maximum atomic E-state index is 13.3. The molecule has 1 N–H and O–H groups in total. The third kappa shape index (κ3) is 4.02. The lowest BCUT2D eigenvalue weighted by Crippen LogP contribution is -2.52. The minimum absolute atomic E-state index is 0.177. The molecule has 2 nitrogen and oxygen atoms in total. The first kappa shape index (κ1) is 16.1. The zero-order valence-corrected chi connectivity index (χ0v) is 12.5. The smallest absolute Gasteiger partial charge is 0.123 e. The summed E-state index contributed by atoms with van der Waals surface area (Å²) >= 11 is 0. The molecule has 1 aromatic carbocycles. The van der Waals surface area contributed by atoms with Gasteiger partial charge in [-0.2, -0.15) is 0 Å². The molecule has 0 aliphatic heterocycles. The highest BCUT2D eigenvalue weighted by molar-refractivity contribution is 5.18. The molecule has 0 heterocycles. The number of hydrogen-bond acceptors (Lipinski definition) is 2. The molecule has 0 aromatic heterocycles. The molecular formula is C16H26FNO. The van der Waals surface area contributed by atoms with Crippen LogP contribution in [0.2, 0.25) is 0 Å². The third-order valence-electron chi connectivity index (χ3n) is 4.02. The zero-order valence-electron chi connectivity index (χ0n) is 12.5. The largest absolute Gasteiger partial charge is 0.377 e. The van der Waals surface area contributed by atoms with E-state index in [1.54, 1.807) is 19.2 Å². The average Bonchev–Trinajstić information content (AvgIpc) is 2.41. The Hall–Kier alpha value is -0.930. The third-order valence-corrected chi connectivity index (χ3v) is 4.02. The van der Waals surface area contributed by atoms with E-state index >= 15 is 0 Å². The van der Waals surface area contributed by atoms with Crippen LogP contribution in [0.15, 0.2) is 24.3 Å². The van der Waals surface area contributed by atoms with Gasteiger partial charge in [0.05, 0.1) is 5.60 Å². The highest BCUT2D eigenvalue weighted by Crippen LogP contribution is 2.26. The maximum Gasteiger partial charge on any atom is 0.123 e. The first-order chi connectivity index (χ1) is 9.11. The van der Waals surface area contributed by atoms with Crippen LogP contribution in [0.4, 0.5) is 4.39 Å². The molecule has 1 rings (SSSR count). The van der Waals surface area contributed by atoms with Crippen molar-refractivity contribution in [2.45, 2.75) is 51.7 Å². The van der Waals surface area contributed by atoms with E-state index < -0.39 is 0 Å². The van der Waals surface area contributed by atoms with E-state index in [2.05, 4.69) is 26.1 Å². The van der Waals surface area contributed by atoms with Crippen LogP contribution in [-0.4, -0.2) is 25.3 Å². The highest BCUT2D eigenvalue weighted by Gasteiger charge is 2.35. The molecule has 1 unspecified atom stereocenters. The maximum absolute atomic E-state index is 13.3. The summed E-state index contributed by atoms with van der Waals surface area (Å²) in [6.07, 6.45) is 2.65. The summed E-state index contributed by atoms with van der Waals surface area (Å²) in [7, 11) is 1.77. The summed E-state index contributed by atoms with van der Waals surface area (Å²) < 4.78 is 19.1. The molecule has 0 saturated heterocycles. The normalized spacial score (nSPS) is 13.5. The summed E-state index contributed by atoms with van der Waals surface area (Å²) in [6.45, 7) is 7.25. The second-order valence-electron chi connectivity index (χ2n) is 4.92. The Morgan fingerprint density at radius 2 is 1.95 bits per heavy atom. The highest BCUT2D eigenvalue weighted by atomic mass is 19.1. The van der Waals surface area contributed by atoms with Crippen LogP contribution in [0.5, 0.6) is 0 Å². The van der Waals surface area contributed by atoms with Gasteiger partial charge in [-0.25, -0.2) is 4.39 Å². The van der Waals surface area contributed by atoms with Crippen molar-refractivity contribution >= 4 is 0 Å². The molecule has 0 spiro atoms. The van der Waals surface area contributed by atoms with Crippen LogP contribution in [0, 0.1) is 5.82 Å². The minimum Gasteiger partial charge on any atom is -0.377 e. The standard InChI is InChI=1S/C16H26FNO/c1-5-16(6-2,19-4)15(18-7-3)12-13-9-8-10-14(17)11-13/h8-11,15,18H,5-7,12H2,1-4H3. The lowest BCUT2D eigenvalue weighted by molar-refractivity contribution is -0.0468. The number of rotatable bonds is 8. The summed E-state index contributed by atoms with van der Waals surface area (Å²) in [4.78, 5) is 0. The lowest BCUT2D eigenvalue weighted by Gasteiger charge is -2.39. The van der Waals surface area contributed by atoms with Crippen molar-refractivity contribution < 1.29 is 9.13 Å². The zero-order chi connectivity index (χ0) is 14.3. The van der Waals surface area contributed by atoms with Gasteiger partial charge in [-0.15, -0.1) is 0 Å². The number of methoxy groups -OCH3 is 1. The van der Waals surface area contributed by atoms with Crippen LogP contribution in [-0.2, 0) is 11.2 Å². The Morgan fingerprint density at radius 3 is 2.42 bits per heavy atom. The van der Waals surface area contributed by atoms with E-state index in [0.717, 1.165) is 31.4 Å². The fraction of sp³-hybridized carbons (Fsp3) is 0.625. The van der Waals surface area contributed by atoms with Gasteiger partial charge in [0.15, 0.2) is 0 Å². The first-order valence-corrected chi connectivity index (χ1v) is 7.14. The Labute approximate surface area is 116 Å². The van der Waals surface area contributed by atoms with Gasteiger partial charge in [0, 0.05) is 13.2 Å². The van der Waals surface area contributed by atoms with E-state index in [1.807, 2.05) is 6.07 Å². The van der Waals surface area contributed by atoms with Gasteiger partial charge < -0.3 is 10.1 Å². The van der Waals surface area contributed by atoms with Crippen molar-refractivity contribution in [2.24, 2.45) is 0 Å². The molecule has 3 heteroatoms. The molecular weight excluding hydrogens is 241 g/mol. The molecule has 0 radical (unpaired) electrons. The SMILES string of the molecule is CCNC(Cc1cccc(F)c1)C(CC)(CC)OC. The van der Waals surface area contributed by atoms with E-state index in [-0.39, 0.29) is 17.5 Å². The summed E-state index contributed by atoms with van der Waals surface area (Å²) in [6, 6.07) is 7.02. The number of benzene rings is 1. The van der Waals surface area contributed by atoms with Crippen molar-refractivity contribution in [1.29, 1.82) is 0 Å². The molecule has 1 aromatic rings. The van der Waals surface area contributed by atoms with Crippen molar-refractivity contribution in [1.82, 2.24) is 5.32 Å². The van der Waals surface area contributed by atoms with E-state index in [0.29, 0.717) is 0 Å². The van der Waals surface area contributed by atoms with Crippen LogP contribution in [0.25, 0.3) is 0 Å². The Kier molecular flexibility index (Phi) is 6.46. The van der Waals surface area contributed by atoms with Gasteiger partial charge >= 0.3 is 0 Å². The number of nitrogens with one attached hydrogen (secondary N) is 1. The number of halogens is 1. The summed E-state index contributed by atoms with van der Waals surface area (Å²) in [5.41, 5.74) is 0.816. The topological polar surface area (TPSA) is 21.3 Å². The second kappa shape index (κ2) is 7.61. The molecule has 1 atom stereocenters. The Morgan fingerprint density at radius 1 is 1.26 bits per heavy atom. The van der Waals surface area contributed by atoms with Gasteiger partial charge in [-0.3, -0.25) is 0 Å². The Balaban J connectivity index is 2.93. The first-order valence-electron chi connectivity index (χ1n) is 7.14. The molecule has 0 fully saturated rings. The van der Waals surface area contributed by atoms with Crippen molar-refractivity contribution in [3.05, 3.63) is 35.6 Å². The molecule has 0 aliphatic carbocycles. The molecule has 0 bridgehead atoms.